The molecule has 0 saturated heterocycles. The zero-order chi connectivity index (χ0) is 69.3. The van der Waals surface area contributed by atoms with Gasteiger partial charge in [-0.05, 0) is 37.5 Å². The van der Waals surface area contributed by atoms with Crippen molar-refractivity contribution >= 4 is 39.5 Å². The Kier molecular flexibility index (Phi) is 65.5. The smallest absolute Gasteiger partial charge is 0.462 e. The van der Waals surface area contributed by atoms with E-state index in [1.165, 1.54) is 205 Å². The summed E-state index contributed by atoms with van der Waals surface area (Å²) in [6.45, 7) is 9.62. The minimum absolute atomic E-state index is 0.107. The third-order valence-electron chi connectivity index (χ3n) is 17.5. The van der Waals surface area contributed by atoms with Crippen molar-refractivity contribution in [2.24, 2.45) is 11.8 Å². The largest absolute Gasteiger partial charge is 0.472 e. The van der Waals surface area contributed by atoms with E-state index in [-0.39, 0.29) is 25.7 Å². The number of aliphatic hydroxyl groups excluding tert-OH is 1. The van der Waals surface area contributed by atoms with Crippen molar-refractivity contribution in [3.05, 3.63) is 0 Å². The van der Waals surface area contributed by atoms with Gasteiger partial charge in [-0.3, -0.25) is 37.3 Å². The molecule has 0 fully saturated rings. The number of rotatable bonds is 74. The molecule has 3 N–H and O–H groups in total. The Morgan fingerprint density at radius 2 is 0.489 bits per heavy atom. The standard InChI is InChI=1S/C75H146O17P2/c1-7-9-11-13-15-17-19-28-35-41-47-53-59-74(79)91-70(63-85-72(77)57-51-45-39-33-18-16-14-12-10-8-2)65-89-93(81,82)87-61-69(76)62-88-94(83,84)90-66-71(64-86-73(78)58-52-46-40-34-29-25-24-27-32-38-44-50-56-68(5)6)92-75(80)60-54-48-42-36-30-23-21-20-22-26-31-37-43-49-55-67(3)4/h67-71,76H,7-66H2,1-6H3,(H,81,82)(H,83,84)/t69-,70+,71+/m0/s1. The van der Waals surface area contributed by atoms with Crippen molar-refractivity contribution in [1.29, 1.82) is 0 Å². The van der Waals surface area contributed by atoms with Gasteiger partial charge in [-0.2, -0.15) is 0 Å². The van der Waals surface area contributed by atoms with Crippen molar-refractivity contribution in [1.82, 2.24) is 0 Å². The van der Waals surface area contributed by atoms with E-state index in [9.17, 15) is 43.2 Å². The van der Waals surface area contributed by atoms with Crippen LogP contribution in [0, 0.1) is 11.8 Å². The van der Waals surface area contributed by atoms with Crippen LogP contribution in [0.2, 0.25) is 0 Å². The third-order valence-corrected chi connectivity index (χ3v) is 19.4. The Labute approximate surface area is 575 Å². The molecule has 0 aliphatic rings. The highest BCUT2D eigenvalue weighted by atomic mass is 31.2. The number of esters is 4. The molecule has 0 aromatic heterocycles. The Morgan fingerprint density at radius 1 is 0.287 bits per heavy atom. The van der Waals surface area contributed by atoms with Crippen LogP contribution in [0.1, 0.15) is 388 Å². The maximum Gasteiger partial charge on any atom is 0.472 e. The molecule has 0 rings (SSSR count). The summed E-state index contributed by atoms with van der Waals surface area (Å²) in [5, 5.41) is 10.6. The van der Waals surface area contributed by atoms with Crippen LogP contribution in [-0.4, -0.2) is 96.7 Å². The fraction of sp³-hybridized carbons (Fsp3) is 0.947. The van der Waals surface area contributed by atoms with Crippen molar-refractivity contribution < 1.29 is 80.2 Å². The fourth-order valence-corrected chi connectivity index (χ4v) is 13.1. The van der Waals surface area contributed by atoms with E-state index < -0.39 is 97.5 Å². The number of carbonyl (C=O) groups is 4. The van der Waals surface area contributed by atoms with Crippen molar-refractivity contribution in [3.8, 4) is 0 Å². The third kappa shape index (κ3) is 68.6. The van der Waals surface area contributed by atoms with E-state index in [0.717, 1.165) is 102 Å². The first kappa shape index (κ1) is 92.1. The molecule has 2 unspecified atom stereocenters. The highest BCUT2D eigenvalue weighted by Gasteiger charge is 2.30. The maximum atomic E-state index is 13.1. The summed E-state index contributed by atoms with van der Waals surface area (Å²) in [6, 6.07) is 0. The SMILES string of the molecule is CCCCCCCCCCCCCCC(=O)O[C@H](COC(=O)CCCCCCCCCCCC)COP(=O)(O)OC[C@H](O)COP(=O)(O)OC[C@@H](COC(=O)CCCCCCCCCCCCCCC(C)C)OC(=O)CCCCCCCCCCCCCCCCC(C)C. The highest BCUT2D eigenvalue weighted by Crippen LogP contribution is 2.45. The van der Waals surface area contributed by atoms with Gasteiger partial charge in [-0.15, -0.1) is 0 Å². The number of hydrogen-bond acceptors (Lipinski definition) is 15. The van der Waals surface area contributed by atoms with Crippen LogP contribution < -0.4 is 0 Å². The molecule has 0 aromatic carbocycles. The van der Waals surface area contributed by atoms with E-state index in [0.29, 0.717) is 25.7 Å². The molecule has 94 heavy (non-hydrogen) atoms. The minimum atomic E-state index is -4.96. The maximum absolute atomic E-state index is 13.1. The molecule has 5 atom stereocenters. The topological polar surface area (TPSA) is 237 Å². The van der Waals surface area contributed by atoms with Gasteiger partial charge in [0, 0.05) is 25.7 Å². The van der Waals surface area contributed by atoms with Crippen molar-refractivity contribution in [2.75, 3.05) is 39.6 Å². The average molecular weight is 1380 g/mol. The highest BCUT2D eigenvalue weighted by molar-refractivity contribution is 7.47. The second-order valence-corrected chi connectivity index (χ2v) is 30.9. The number of unbranched alkanes of at least 4 members (excludes halogenated alkanes) is 44. The molecule has 0 heterocycles. The normalized spacial score (nSPS) is 14.0. The number of phosphoric ester groups is 2. The molecule has 0 aromatic rings. The van der Waals surface area contributed by atoms with Gasteiger partial charge >= 0.3 is 39.5 Å². The number of phosphoric acid groups is 2. The van der Waals surface area contributed by atoms with Gasteiger partial charge in [0.25, 0.3) is 0 Å². The summed E-state index contributed by atoms with van der Waals surface area (Å²) in [5.41, 5.74) is 0. The van der Waals surface area contributed by atoms with Crippen LogP contribution in [0.4, 0.5) is 0 Å². The van der Waals surface area contributed by atoms with Crippen LogP contribution >= 0.6 is 15.6 Å². The summed E-state index contributed by atoms with van der Waals surface area (Å²) in [4.78, 5) is 72.8. The zero-order valence-corrected chi connectivity index (χ0v) is 63.1. The molecule has 17 nitrogen and oxygen atoms in total. The van der Waals surface area contributed by atoms with Gasteiger partial charge in [0.15, 0.2) is 12.2 Å². The van der Waals surface area contributed by atoms with Crippen LogP contribution in [0.5, 0.6) is 0 Å². The predicted molar refractivity (Wildman–Crippen MR) is 381 cm³/mol. The summed E-state index contributed by atoms with van der Waals surface area (Å²) in [5.74, 6) is -0.538. The molecule has 0 spiro atoms. The first-order valence-electron chi connectivity index (χ1n) is 39.0. The lowest BCUT2D eigenvalue weighted by Gasteiger charge is -2.21. The average Bonchev–Trinajstić information content (AvgIpc) is 1.18. The molecule has 0 amide bonds. The molecule has 0 aliphatic heterocycles. The summed E-state index contributed by atoms with van der Waals surface area (Å²) >= 11 is 0. The molecular weight excluding hydrogens is 1230 g/mol. The molecule has 19 heteroatoms. The van der Waals surface area contributed by atoms with Gasteiger partial charge in [-0.25, -0.2) is 9.13 Å². The quantitative estimate of drug-likeness (QED) is 0.0222. The van der Waals surface area contributed by atoms with Gasteiger partial charge in [-0.1, -0.05) is 337 Å². The van der Waals surface area contributed by atoms with Gasteiger partial charge in [0.1, 0.15) is 19.3 Å². The molecule has 0 saturated carbocycles. The molecule has 558 valence electrons. The minimum Gasteiger partial charge on any atom is -0.462 e. The van der Waals surface area contributed by atoms with E-state index in [2.05, 4.69) is 41.5 Å². The predicted octanol–water partition coefficient (Wildman–Crippen LogP) is 21.9. The van der Waals surface area contributed by atoms with Crippen LogP contribution in [0.25, 0.3) is 0 Å². The monoisotopic (exact) mass is 1380 g/mol. The first-order valence-corrected chi connectivity index (χ1v) is 42.0. The van der Waals surface area contributed by atoms with Crippen molar-refractivity contribution in [2.45, 2.75) is 407 Å². The van der Waals surface area contributed by atoms with Crippen LogP contribution in [0.15, 0.2) is 0 Å². The van der Waals surface area contributed by atoms with Gasteiger partial charge < -0.3 is 33.8 Å². The van der Waals surface area contributed by atoms with Crippen molar-refractivity contribution in [3.63, 3.8) is 0 Å². The number of aliphatic hydroxyl groups is 1. The van der Waals surface area contributed by atoms with E-state index in [4.69, 9.17) is 37.0 Å². The lowest BCUT2D eigenvalue weighted by Crippen LogP contribution is -2.30. The number of carbonyl (C=O) groups excluding carboxylic acids is 4. The number of ether oxygens (including phenoxy) is 4. The van der Waals surface area contributed by atoms with Crippen LogP contribution in [-0.2, 0) is 65.4 Å². The summed E-state index contributed by atoms with van der Waals surface area (Å²) in [6.07, 6.45) is 53.9. The van der Waals surface area contributed by atoms with E-state index in [1.54, 1.807) is 0 Å². The Hall–Kier alpha value is -1.94. The second kappa shape index (κ2) is 66.9. The summed E-state index contributed by atoms with van der Waals surface area (Å²) < 4.78 is 68.5. The second-order valence-electron chi connectivity index (χ2n) is 28.0. The first-order chi connectivity index (χ1) is 45.4. The molecule has 0 radical (unpaired) electrons. The Balaban J connectivity index is 5.24. The molecule has 0 aliphatic carbocycles. The number of hydrogen-bond donors (Lipinski definition) is 3. The van der Waals surface area contributed by atoms with Gasteiger partial charge in [0.05, 0.1) is 26.4 Å². The van der Waals surface area contributed by atoms with E-state index in [1.807, 2.05) is 0 Å². The fourth-order valence-electron chi connectivity index (χ4n) is 11.5. The summed E-state index contributed by atoms with van der Waals surface area (Å²) in [7, 11) is -9.91. The molecular formula is C75H146O17P2. The Morgan fingerprint density at radius 3 is 0.723 bits per heavy atom. The van der Waals surface area contributed by atoms with E-state index >= 15 is 0 Å². The zero-order valence-electron chi connectivity index (χ0n) is 61.3. The molecule has 0 bridgehead atoms. The lowest BCUT2D eigenvalue weighted by atomic mass is 10.0. The lowest BCUT2D eigenvalue weighted by molar-refractivity contribution is -0.161. The van der Waals surface area contributed by atoms with Gasteiger partial charge in [0.2, 0.25) is 0 Å². The Bertz CT molecular complexity index is 1820. The van der Waals surface area contributed by atoms with Crippen LogP contribution in [0.3, 0.4) is 0 Å².